The quantitative estimate of drug-likeness (QED) is 0.852. The molecule has 1 aliphatic rings. The van der Waals surface area contributed by atoms with Gasteiger partial charge in [0.2, 0.25) is 0 Å². The predicted octanol–water partition coefficient (Wildman–Crippen LogP) is 2.39. The Kier molecular flexibility index (Phi) is 4.18. The highest BCUT2D eigenvalue weighted by Gasteiger charge is 2.37. The number of carbonyl (C=O) groups excluding carboxylic acids is 1. The molecule has 0 bridgehead atoms. The molecule has 1 amide bonds. The zero-order chi connectivity index (χ0) is 15.8. The minimum absolute atomic E-state index is 0.0936. The number of carbonyl (C=O) groups is 1. The number of benzene rings is 1. The van der Waals surface area contributed by atoms with Crippen molar-refractivity contribution in [3.05, 3.63) is 35.1 Å². The van der Waals surface area contributed by atoms with Crippen molar-refractivity contribution in [1.82, 2.24) is 4.90 Å². The second kappa shape index (κ2) is 5.59. The van der Waals surface area contributed by atoms with Crippen LogP contribution in [0.5, 0.6) is 0 Å². The molecule has 1 saturated heterocycles. The minimum atomic E-state index is -4.79. The summed E-state index contributed by atoms with van der Waals surface area (Å²) in [6.07, 6.45) is -6.24. The van der Waals surface area contributed by atoms with Crippen LogP contribution in [0.15, 0.2) is 18.2 Å². The van der Waals surface area contributed by atoms with Crippen LogP contribution in [0.4, 0.5) is 22.0 Å². The van der Waals surface area contributed by atoms with Gasteiger partial charge in [0, 0.05) is 12.0 Å². The van der Waals surface area contributed by atoms with Crippen LogP contribution in [0.3, 0.4) is 0 Å². The van der Waals surface area contributed by atoms with Gasteiger partial charge in [0.1, 0.15) is 12.0 Å². The fraction of sp³-hybridized carbons (Fsp3) is 0.462. The normalized spacial score (nSPS) is 22.7. The second-order valence-electron chi connectivity index (χ2n) is 4.85. The van der Waals surface area contributed by atoms with Gasteiger partial charge in [-0.3, -0.25) is 4.79 Å². The highest BCUT2D eigenvalue weighted by molar-refractivity contribution is 5.95. The van der Waals surface area contributed by atoms with E-state index in [4.69, 9.17) is 5.11 Å². The molecule has 0 aromatic heterocycles. The van der Waals surface area contributed by atoms with E-state index in [1.807, 2.05) is 0 Å². The van der Waals surface area contributed by atoms with Crippen molar-refractivity contribution in [2.24, 2.45) is 0 Å². The molecule has 116 valence electrons. The van der Waals surface area contributed by atoms with E-state index in [1.165, 1.54) is 0 Å². The number of hydrogen-bond acceptors (Lipinski definition) is 2. The minimum Gasteiger partial charge on any atom is -0.394 e. The Morgan fingerprint density at radius 1 is 1.33 bits per heavy atom. The molecule has 3 nitrogen and oxygen atoms in total. The summed E-state index contributed by atoms with van der Waals surface area (Å²) in [6, 6.07) is 0.649. The Morgan fingerprint density at radius 2 is 2.00 bits per heavy atom. The number of halogens is 5. The van der Waals surface area contributed by atoms with Gasteiger partial charge in [-0.25, -0.2) is 8.78 Å². The van der Waals surface area contributed by atoms with Crippen LogP contribution in [0.1, 0.15) is 22.3 Å². The molecular weight excluding hydrogens is 297 g/mol. The molecule has 1 heterocycles. The first-order valence-corrected chi connectivity index (χ1v) is 6.16. The largest absolute Gasteiger partial charge is 0.416 e. The van der Waals surface area contributed by atoms with Crippen molar-refractivity contribution < 1.29 is 31.9 Å². The predicted molar refractivity (Wildman–Crippen MR) is 62.8 cm³/mol. The highest BCUT2D eigenvalue weighted by atomic mass is 19.4. The van der Waals surface area contributed by atoms with Gasteiger partial charge in [-0.2, -0.15) is 13.2 Å². The number of nitrogens with zero attached hydrogens (tertiary/aromatic N) is 1. The topological polar surface area (TPSA) is 40.5 Å². The van der Waals surface area contributed by atoms with Crippen molar-refractivity contribution in [3.63, 3.8) is 0 Å². The number of alkyl halides is 4. The lowest BCUT2D eigenvalue weighted by Gasteiger charge is -2.23. The molecule has 2 rings (SSSR count). The average molecular weight is 309 g/mol. The van der Waals surface area contributed by atoms with Crippen molar-refractivity contribution >= 4 is 5.91 Å². The molecule has 2 atom stereocenters. The molecular formula is C13H12F5NO2. The van der Waals surface area contributed by atoms with Gasteiger partial charge in [-0.15, -0.1) is 0 Å². The van der Waals surface area contributed by atoms with Gasteiger partial charge >= 0.3 is 6.18 Å². The molecule has 1 aromatic rings. The smallest absolute Gasteiger partial charge is 0.394 e. The van der Waals surface area contributed by atoms with Crippen molar-refractivity contribution in [2.75, 3.05) is 13.2 Å². The van der Waals surface area contributed by atoms with Crippen LogP contribution in [0.25, 0.3) is 0 Å². The fourth-order valence-electron chi connectivity index (χ4n) is 2.32. The number of aliphatic hydroxyl groups is 1. The zero-order valence-electron chi connectivity index (χ0n) is 10.7. The summed E-state index contributed by atoms with van der Waals surface area (Å²) in [7, 11) is 0. The summed E-state index contributed by atoms with van der Waals surface area (Å²) in [6.45, 7) is -0.838. The molecule has 0 unspecified atom stereocenters. The Labute approximate surface area is 117 Å². The van der Waals surface area contributed by atoms with Crippen LogP contribution in [-0.4, -0.2) is 41.3 Å². The maximum Gasteiger partial charge on any atom is 0.416 e. The molecule has 1 N–H and O–H groups in total. The number of amides is 1. The first kappa shape index (κ1) is 15.7. The van der Waals surface area contributed by atoms with Gasteiger partial charge < -0.3 is 10.0 Å². The lowest BCUT2D eigenvalue weighted by molar-refractivity contribution is -0.137. The Morgan fingerprint density at radius 3 is 2.57 bits per heavy atom. The summed E-state index contributed by atoms with van der Waals surface area (Å²) in [4.78, 5) is 13.0. The molecule has 1 aromatic carbocycles. The number of hydrogen-bond donors (Lipinski definition) is 1. The first-order chi connectivity index (χ1) is 9.72. The first-order valence-electron chi connectivity index (χ1n) is 6.16. The Bertz CT molecular complexity index is 546. The highest BCUT2D eigenvalue weighted by Crippen LogP contribution is 2.31. The molecule has 0 saturated carbocycles. The van der Waals surface area contributed by atoms with E-state index < -0.39 is 47.8 Å². The molecule has 0 aliphatic carbocycles. The van der Waals surface area contributed by atoms with E-state index in [0.717, 1.165) is 4.90 Å². The summed E-state index contributed by atoms with van der Waals surface area (Å²) < 4.78 is 64.3. The van der Waals surface area contributed by atoms with Crippen LogP contribution >= 0.6 is 0 Å². The van der Waals surface area contributed by atoms with Gasteiger partial charge in [0.25, 0.3) is 5.91 Å². The maximum atomic E-state index is 13.3. The summed E-state index contributed by atoms with van der Waals surface area (Å²) in [5, 5.41) is 9.07. The van der Waals surface area contributed by atoms with E-state index in [0.29, 0.717) is 12.1 Å². The molecule has 8 heteroatoms. The third-order valence-electron chi connectivity index (χ3n) is 3.31. The van der Waals surface area contributed by atoms with Gasteiger partial charge in [0.05, 0.1) is 24.8 Å². The van der Waals surface area contributed by atoms with E-state index in [9.17, 15) is 26.7 Å². The van der Waals surface area contributed by atoms with E-state index in [1.54, 1.807) is 0 Å². The third kappa shape index (κ3) is 3.31. The summed E-state index contributed by atoms with van der Waals surface area (Å²) in [5.74, 6) is -2.14. The SMILES string of the molecule is O=C(c1cc(F)cc(C(F)(F)F)c1)N1C[C@@H](F)C[C@H]1CO. The fourth-order valence-corrected chi connectivity index (χ4v) is 2.32. The molecule has 1 fully saturated rings. The lowest BCUT2D eigenvalue weighted by atomic mass is 10.1. The van der Waals surface area contributed by atoms with Crippen molar-refractivity contribution in [1.29, 1.82) is 0 Å². The molecule has 21 heavy (non-hydrogen) atoms. The third-order valence-corrected chi connectivity index (χ3v) is 3.31. The lowest BCUT2D eigenvalue weighted by Crippen LogP contribution is -2.38. The van der Waals surface area contributed by atoms with Crippen LogP contribution in [0, 0.1) is 5.82 Å². The monoisotopic (exact) mass is 309 g/mol. The van der Waals surface area contributed by atoms with E-state index in [-0.39, 0.29) is 19.0 Å². The van der Waals surface area contributed by atoms with Crippen LogP contribution < -0.4 is 0 Å². The molecule has 0 radical (unpaired) electrons. The van der Waals surface area contributed by atoms with Gasteiger partial charge in [-0.1, -0.05) is 0 Å². The summed E-state index contributed by atoms with van der Waals surface area (Å²) >= 11 is 0. The van der Waals surface area contributed by atoms with Crippen LogP contribution in [0.2, 0.25) is 0 Å². The Balaban J connectivity index is 2.33. The Hall–Kier alpha value is -1.70. The molecule has 1 aliphatic heterocycles. The maximum absolute atomic E-state index is 13.3. The van der Waals surface area contributed by atoms with Crippen molar-refractivity contribution in [2.45, 2.75) is 24.8 Å². The van der Waals surface area contributed by atoms with E-state index >= 15 is 0 Å². The van der Waals surface area contributed by atoms with Gasteiger partial charge in [0.15, 0.2) is 0 Å². The van der Waals surface area contributed by atoms with E-state index in [2.05, 4.69) is 0 Å². The number of rotatable bonds is 2. The van der Waals surface area contributed by atoms with Crippen LogP contribution in [-0.2, 0) is 6.18 Å². The molecule has 0 spiro atoms. The standard InChI is InChI=1S/C13H12F5NO2/c14-9-2-7(1-8(3-9)13(16,17)18)12(21)19-5-10(15)4-11(19)6-20/h1-3,10-11,20H,4-6H2/t10-,11-/m0/s1. The average Bonchev–Trinajstić information content (AvgIpc) is 2.77. The zero-order valence-corrected chi connectivity index (χ0v) is 10.7. The summed E-state index contributed by atoms with van der Waals surface area (Å²) in [5.41, 5.74) is -1.81. The second-order valence-corrected chi connectivity index (χ2v) is 4.85. The number of aliphatic hydroxyl groups excluding tert-OH is 1. The number of likely N-dealkylation sites (tertiary alicyclic amines) is 1. The van der Waals surface area contributed by atoms with Crippen molar-refractivity contribution in [3.8, 4) is 0 Å². The van der Waals surface area contributed by atoms with Gasteiger partial charge in [-0.05, 0) is 18.2 Å².